The van der Waals surface area contributed by atoms with E-state index < -0.39 is 57.3 Å². The SMILES string of the molecule is Cc1cc2[nH]ncc2c(-c2c(F)cc3c(N4CCOC[C@@](C)(O)C4)nc(OC[C@@]45CCCN4C[C@H](F)C5)nc3c2F)c1C(F)(F)F. The van der Waals surface area contributed by atoms with Crippen LogP contribution in [0.1, 0.15) is 37.3 Å². The molecule has 3 aliphatic rings. The second kappa shape index (κ2) is 10.9. The average Bonchev–Trinajstić information content (AvgIpc) is 3.63. The van der Waals surface area contributed by atoms with Crippen LogP contribution in [0.4, 0.5) is 32.2 Å². The molecular weight excluding hydrogens is 618 g/mol. The van der Waals surface area contributed by atoms with Gasteiger partial charge in [-0.3, -0.25) is 10.00 Å². The third-order valence-corrected chi connectivity index (χ3v) is 9.30. The van der Waals surface area contributed by atoms with E-state index in [2.05, 4.69) is 20.2 Å². The third-order valence-electron chi connectivity index (χ3n) is 9.30. The molecule has 9 nitrogen and oxygen atoms in total. The number of ether oxygens (including phenoxy) is 2. The van der Waals surface area contributed by atoms with Gasteiger partial charge in [0, 0.05) is 35.8 Å². The minimum atomic E-state index is -4.95. The molecule has 3 saturated heterocycles. The van der Waals surface area contributed by atoms with Crippen LogP contribution < -0.4 is 9.64 Å². The van der Waals surface area contributed by atoms with Crippen LogP contribution in [0.5, 0.6) is 6.01 Å². The number of rotatable bonds is 5. The molecule has 0 radical (unpaired) electrons. The zero-order chi connectivity index (χ0) is 32.6. The van der Waals surface area contributed by atoms with Gasteiger partial charge in [0.1, 0.15) is 35.5 Å². The van der Waals surface area contributed by atoms with Crippen LogP contribution in [-0.4, -0.2) is 93.5 Å². The molecule has 3 fully saturated rings. The van der Waals surface area contributed by atoms with E-state index >= 15 is 8.78 Å². The van der Waals surface area contributed by atoms with Crippen molar-refractivity contribution in [1.82, 2.24) is 25.1 Å². The number of aromatic amines is 1. The van der Waals surface area contributed by atoms with Crippen LogP contribution in [0.2, 0.25) is 0 Å². The highest BCUT2D eigenvalue weighted by atomic mass is 19.4. The Morgan fingerprint density at radius 2 is 1.96 bits per heavy atom. The highest BCUT2D eigenvalue weighted by Crippen LogP contribution is 2.46. The predicted molar refractivity (Wildman–Crippen MR) is 156 cm³/mol. The fourth-order valence-electron chi connectivity index (χ4n) is 7.38. The number of aliphatic hydroxyl groups is 1. The van der Waals surface area contributed by atoms with Crippen molar-refractivity contribution in [2.45, 2.75) is 56.6 Å². The zero-order valence-corrected chi connectivity index (χ0v) is 25.1. The van der Waals surface area contributed by atoms with Crippen LogP contribution in [0, 0.1) is 18.6 Å². The molecule has 3 aliphatic heterocycles. The summed E-state index contributed by atoms with van der Waals surface area (Å²) >= 11 is 0. The highest BCUT2D eigenvalue weighted by molar-refractivity contribution is 6.01. The molecule has 4 aromatic rings. The molecule has 0 unspecified atom stereocenters. The van der Waals surface area contributed by atoms with Crippen LogP contribution in [-0.2, 0) is 10.9 Å². The maximum Gasteiger partial charge on any atom is 0.417 e. The Hall–Kier alpha value is -3.69. The van der Waals surface area contributed by atoms with Gasteiger partial charge in [-0.15, -0.1) is 0 Å². The number of aryl methyl sites for hydroxylation is 1. The molecular formula is C31H32F6N6O3. The number of benzene rings is 2. The van der Waals surface area contributed by atoms with E-state index in [-0.39, 0.29) is 79.6 Å². The first-order valence-electron chi connectivity index (χ1n) is 15.1. The molecule has 0 spiro atoms. The van der Waals surface area contributed by atoms with Gasteiger partial charge in [-0.25, -0.2) is 13.2 Å². The lowest BCUT2D eigenvalue weighted by Gasteiger charge is -2.31. The summed E-state index contributed by atoms with van der Waals surface area (Å²) in [6.45, 7) is 4.03. The summed E-state index contributed by atoms with van der Waals surface area (Å²) in [6.07, 6.45) is -3.12. The summed E-state index contributed by atoms with van der Waals surface area (Å²) in [5.74, 6) is -2.59. The lowest BCUT2D eigenvalue weighted by Crippen LogP contribution is -2.44. The molecule has 15 heteroatoms. The molecule has 2 aromatic carbocycles. The Morgan fingerprint density at radius 3 is 2.74 bits per heavy atom. The van der Waals surface area contributed by atoms with E-state index in [1.807, 2.05) is 4.90 Å². The normalized spacial score (nSPS) is 25.8. The fraction of sp³-hybridized carbons (Fsp3) is 0.516. The second-order valence-electron chi connectivity index (χ2n) is 12.9. The molecule has 2 N–H and O–H groups in total. The topological polar surface area (TPSA) is 99.6 Å². The number of β-amino-alcohol motifs (C(OH)–C–C–N with tert-alkyl or cyclic N) is 1. The number of halogens is 6. The monoisotopic (exact) mass is 650 g/mol. The van der Waals surface area contributed by atoms with Crippen molar-refractivity contribution in [2.75, 3.05) is 50.9 Å². The number of hydrogen-bond acceptors (Lipinski definition) is 8. The fourth-order valence-corrected chi connectivity index (χ4v) is 7.38. The molecule has 7 rings (SSSR count). The first-order chi connectivity index (χ1) is 21.8. The summed E-state index contributed by atoms with van der Waals surface area (Å²) < 4.78 is 102. The molecule has 0 amide bonds. The van der Waals surface area contributed by atoms with Gasteiger partial charge in [-0.05, 0) is 50.9 Å². The molecule has 5 heterocycles. The molecule has 3 atom stereocenters. The van der Waals surface area contributed by atoms with Gasteiger partial charge < -0.3 is 19.5 Å². The van der Waals surface area contributed by atoms with E-state index in [4.69, 9.17) is 9.47 Å². The van der Waals surface area contributed by atoms with Gasteiger partial charge in [-0.2, -0.15) is 28.2 Å². The highest BCUT2D eigenvalue weighted by Gasteiger charge is 2.49. The smallest absolute Gasteiger partial charge is 0.417 e. The third kappa shape index (κ3) is 5.21. The Bertz CT molecular complexity index is 1830. The van der Waals surface area contributed by atoms with Gasteiger partial charge >= 0.3 is 12.2 Å². The number of nitrogens with zero attached hydrogens (tertiary/aromatic N) is 5. The Labute approximate surface area is 259 Å². The van der Waals surface area contributed by atoms with Gasteiger partial charge in [0.25, 0.3) is 0 Å². The summed E-state index contributed by atoms with van der Waals surface area (Å²) in [4.78, 5) is 12.4. The minimum Gasteiger partial charge on any atom is -0.461 e. The predicted octanol–water partition coefficient (Wildman–Crippen LogP) is 5.32. The summed E-state index contributed by atoms with van der Waals surface area (Å²) in [5, 5.41) is 17.0. The summed E-state index contributed by atoms with van der Waals surface area (Å²) in [5.41, 5.74) is -5.33. The molecule has 0 bridgehead atoms. The number of hydrogen-bond donors (Lipinski definition) is 2. The van der Waals surface area contributed by atoms with E-state index in [0.717, 1.165) is 18.7 Å². The van der Waals surface area contributed by atoms with Crippen LogP contribution >= 0.6 is 0 Å². The second-order valence-corrected chi connectivity index (χ2v) is 12.9. The van der Waals surface area contributed by atoms with Gasteiger partial charge in [0.2, 0.25) is 0 Å². The molecule has 46 heavy (non-hydrogen) atoms. The maximum absolute atomic E-state index is 16.8. The van der Waals surface area contributed by atoms with Crippen molar-refractivity contribution in [3.05, 3.63) is 41.1 Å². The molecule has 246 valence electrons. The molecule has 0 saturated carbocycles. The summed E-state index contributed by atoms with van der Waals surface area (Å²) in [6, 6.07) is 1.83. The van der Waals surface area contributed by atoms with Gasteiger partial charge in [0.15, 0.2) is 5.82 Å². The number of H-pyrrole nitrogens is 1. The van der Waals surface area contributed by atoms with Crippen LogP contribution in [0.25, 0.3) is 32.9 Å². The number of aromatic nitrogens is 4. The number of nitrogens with one attached hydrogen (secondary N) is 1. The maximum atomic E-state index is 16.8. The van der Waals surface area contributed by atoms with Crippen LogP contribution in [0.3, 0.4) is 0 Å². The first kappa shape index (κ1) is 30.9. The van der Waals surface area contributed by atoms with Crippen molar-refractivity contribution in [3.8, 4) is 17.1 Å². The van der Waals surface area contributed by atoms with E-state index in [0.29, 0.717) is 13.0 Å². The number of anilines is 1. The Kier molecular flexibility index (Phi) is 7.36. The Morgan fingerprint density at radius 1 is 1.15 bits per heavy atom. The van der Waals surface area contributed by atoms with E-state index in [1.165, 1.54) is 13.0 Å². The minimum absolute atomic E-state index is 0.000226. The van der Waals surface area contributed by atoms with Gasteiger partial charge in [0.05, 0.1) is 48.1 Å². The van der Waals surface area contributed by atoms with Crippen molar-refractivity contribution in [1.29, 1.82) is 0 Å². The Balaban J connectivity index is 1.43. The first-order valence-corrected chi connectivity index (χ1v) is 15.1. The van der Waals surface area contributed by atoms with Crippen molar-refractivity contribution >= 4 is 27.6 Å². The quantitative estimate of drug-likeness (QED) is 0.280. The van der Waals surface area contributed by atoms with E-state index in [9.17, 15) is 22.7 Å². The standard InChI is InChI=1S/C31H32F6N6O3/c1-16-8-21-19(11-38-41-21)22(24(16)31(35,36)37)23-20(33)9-18-26(25(23)34)39-28(40-27(18)42-6-7-45-14-29(2,44)13-42)46-15-30-4-3-5-43(30)12-17(32)10-30/h8-9,11,17,44H,3-7,10,12-15H2,1-2H3,(H,38,41)/t17-,29+,30+/m1/s1. The van der Waals surface area contributed by atoms with Crippen LogP contribution in [0.15, 0.2) is 18.3 Å². The van der Waals surface area contributed by atoms with Crippen molar-refractivity contribution in [2.24, 2.45) is 0 Å². The lowest BCUT2D eigenvalue weighted by atomic mass is 9.91. The zero-order valence-electron chi connectivity index (χ0n) is 25.1. The molecule has 0 aliphatic carbocycles. The largest absolute Gasteiger partial charge is 0.461 e. The lowest BCUT2D eigenvalue weighted by molar-refractivity contribution is -0.137. The molecule has 2 aromatic heterocycles. The van der Waals surface area contributed by atoms with Gasteiger partial charge in [-0.1, -0.05) is 0 Å². The number of fused-ring (bicyclic) bond motifs is 3. The van der Waals surface area contributed by atoms with Crippen molar-refractivity contribution < 1.29 is 40.9 Å². The van der Waals surface area contributed by atoms with Crippen molar-refractivity contribution in [3.63, 3.8) is 0 Å². The average molecular weight is 651 g/mol. The summed E-state index contributed by atoms with van der Waals surface area (Å²) in [7, 11) is 0. The number of alkyl halides is 4. The van der Waals surface area contributed by atoms with E-state index in [1.54, 1.807) is 11.8 Å².